The SMILES string of the molecule is CCC1CCC(S(=O)(=O)c2cc(Cl)ccc2N)CC1. The molecule has 0 bridgehead atoms. The number of anilines is 1. The predicted octanol–water partition coefficient (Wildman–Crippen LogP) is 3.66. The van der Waals surface area contributed by atoms with Crippen LogP contribution in [0.3, 0.4) is 0 Å². The highest BCUT2D eigenvalue weighted by Gasteiger charge is 2.32. The first-order valence-electron chi connectivity index (χ1n) is 6.74. The fourth-order valence-electron chi connectivity index (χ4n) is 2.78. The molecule has 0 spiro atoms. The van der Waals surface area contributed by atoms with Crippen molar-refractivity contribution in [2.45, 2.75) is 49.2 Å². The lowest BCUT2D eigenvalue weighted by Gasteiger charge is -2.27. The summed E-state index contributed by atoms with van der Waals surface area (Å²) in [5.74, 6) is 0.670. The van der Waals surface area contributed by atoms with E-state index in [9.17, 15) is 8.42 Å². The zero-order chi connectivity index (χ0) is 14.0. The zero-order valence-electron chi connectivity index (χ0n) is 11.1. The maximum Gasteiger partial charge on any atom is 0.183 e. The van der Waals surface area contributed by atoms with E-state index in [1.54, 1.807) is 12.1 Å². The van der Waals surface area contributed by atoms with Crippen LogP contribution in [0.5, 0.6) is 0 Å². The molecule has 1 aliphatic rings. The molecule has 0 saturated heterocycles. The first-order chi connectivity index (χ1) is 8.95. The van der Waals surface area contributed by atoms with Crippen LogP contribution in [-0.4, -0.2) is 13.7 Å². The minimum absolute atomic E-state index is 0.194. The maximum absolute atomic E-state index is 12.6. The van der Waals surface area contributed by atoms with E-state index >= 15 is 0 Å². The molecule has 3 nitrogen and oxygen atoms in total. The second kappa shape index (κ2) is 5.71. The number of rotatable bonds is 3. The molecule has 106 valence electrons. The van der Waals surface area contributed by atoms with Crippen LogP contribution in [0, 0.1) is 5.92 Å². The number of nitrogens with two attached hydrogens (primary N) is 1. The summed E-state index contributed by atoms with van der Waals surface area (Å²) in [6.45, 7) is 2.16. The van der Waals surface area contributed by atoms with Gasteiger partial charge >= 0.3 is 0 Å². The largest absolute Gasteiger partial charge is 0.398 e. The van der Waals surface area contributed by atoms with Crippen molar-refractivity contribution >= 4 is 27.1 Å². The topological polar surface area (TPSA) is 60.2 Å². The van der Waals surface area contributed by atoms with Crippen molar-refractivity contribution in [2.75, 3.05) is 5.73 Å². The van der Waals surface area contributed by atoms with Gasteiger partial charge in [0.05, 0.1) is 15.8 Å². The average molecular weight is 302 g/mol. The Hall–Kier alpha value is -0.740. The zero-order valence-corrected chi connectivity index (χ0v) is 12.7. The van der Waals surface area contributed by atoms with Crippen LogP contribution < -0.4 is 5.73 Å². The van der Waals surface area contributed by atoms with Crippen molar-refractivity contribution in [2.24, 2.45) is 5.92 Å². The minimum Gasteiger partial charge on any atom is -0.398 e. The van der Waals surface area contributed by atoms with Gasteiger partial charge in [-0.3, -0.25) is 0 Å². The maximum atomic E-state index is 12.6. The summed E-state index contributed by atoms with van der Waals surface area (Å²) in [7, 11) is -3.36. The minimum atomic E-state index is -3.36. The van der Waals surface area contributed by atoms with E-state index in [-0.39, 0.29) is 10.1 Å². The van der Waals surface area contributed by atoms with E-state index < -0.39 is 9.84 Å². The third kappa shape index (κ3) is 3.06. The Morgan fingerprint density at radius 1 is 1.26 bits per heavy atom. The Kier molecular flexibility index (Phi) is 4.41. The number of hydrogen-bond acceptors (Lipinski definition) is 3. The number of nitrogen functional groups attached to an aromatic ring is 1. The molecular formula is C14H20ClNO2S. The molecule has 0 heterocycles. The predicted molar refractivity (Wildman–Crippen MR) is 79.1 cm³/mol. The van der Waals surface area contributed by atoms with Crippen molar-refractivity contribution in [1.29, 1.82) is 0 Å². The molecule has 0 aliphatic heterocycles. The summed E-state index contributed by atoms with van der Waals surface area (Å²) in [4.78, 5) is 0.194. The Bertz CT molecular complexity index is 549. The first kappa shape index (κ1) is 14.7. The van der Waals surface area contributed by atoms with Gasteiger partial charge in [0.15, 0.2) is 9.84 Å². The van der Waals surface area contributed by atoms with Crippen molar-refractivity contribution in [3.8, 4) is 0 Å². The Labute approximate surface area is 120 Å². The lowest BCUT2D eigenvalue weighted by atomic mass is 9.87. The first-order valence-corrected chi connectivity index (χ1v) is 8.66. The van der Waals surface area contributed by atoms with Gasteiger partial charge in [-0.05, 0) is 49.8 Å². The number of benzene rings is 1. The molecule has 1 saturated carbocycles. The molecule has 0 aromatic heterocycles. The van der Waals surface area contributed by atoms with Crippen LogP contribution in [0.15, 0.2) is 23.1 Å². The molecule has 1 aliphatic carbocycles. The third-order valence-electron chi connectivity index (χ3n) is 4.09. The molecule has 2 rings (SSSR count). The third-order valence-corrected chi connectivity index (χ3v) is 6.64. The fourth-order valence-corrected chi connectivity index (χ4v) is 4.96. The van der Waals surface area contributed by atoms with Crippen molar-refractivity contribution in [3.05, 3.63) is 23.2 Å². The van der Waals surface area contributed by atoms with Gasteiger partial charge in [-0.25, -0.2) is 8.42 Å². The molecule has 0 atom stereocenters. The van der Waals surface area contributed by atoms with E-state index in [1.807, 2.05) is 0 Å². The van der Waals surface area contributed by atoms with Gasteiger partial charge < -0.3 is 5.73 Å². The van der Waals surface area contributed by atoms with Crippen molar-refractivity contribution < 1.29 is 8.42 Å². The van der Waals surface area contributed by atoms with Gasteiger partial charge in [0.25, 0.3) is 0 Å². The van der Waals surface area contributed by atoms with Crippen LogP contribution in [0.1, 0.15) is 39.0 Å². The van der Waals surface area contributed by atoms with Gasteiger partial charge in [0.1, 0.15) is 0 Å². The van der Waals surface area contributed by atoms with E-state index in [4.69, 9.17) is 17.3 Å². The summed E-state index contributed by atoms with van der Waals surface area (Å²) < 4.78 is 25.2. The highest BCUT2D eigenvalue weighted by Crippen LogP contribution is 2.35. The second-order valence-electron chi connectivity index (χ2n) is 5.28. The highest BCUT2D eigenvalue weighted by atomic mass is 35.5. The van der Waals surface area contributed by atoms with Crippen LogP contribution in [0.25, 0.3) is 0 Å². The van der Waals surface area contributed by atoms with Crippen molar-refractivity contribution in [3.63, 3.8) is 0 Å². The van der Waals surface area contributed by atoms with Crippen LogP contribution in [-0.2, 0) is 9.84 Å². The Balaban J connectivity index is 2.26. The average Bonchev–Trinajstić information content (AvgIpc) is 2.41. The monoisotopic (exact) mass is 301 g/mol. The lowest BCUT2D eigenvalue weighted by molar-refractivity contribution is 0.348. The second-order valence-corrected chi connectivity index (χ2v) is 7.91. The lowest BCUT2D eigenvalue weighted by Crippen LogP contribution is -2.27. The Morgan fingerprint density at radius 2 is 1.89 bits per heavy atom. The van der Waals surface area contributed by atoms with Gasteiger partial charge in [-0.1, -0.05) is 24.9 Å². The molecule has 0 radical (unpaired) electrons. The quantitative estimate of drug-likeness (QED) is 0.867. The molecule has 1 aromatic rings. The van der Waals surface area contributed by atoms with Gasteiger partial charge in [-0.2, -0.15) is 0 Å². The van der Waals surface area contributed by atoms with Crippen LogP contribution in [0.2, 0.25) is 5.02 Å². The highest BCUT2D eigenvalue weighted by molar-refractivity contribution is 7.92. The van der Waals surface area contributed by atoms with Gasteiger partial charge in [0.2, 0.25) is 0 Å². The molecule has 1 fully saturated rings. The summed E-state index contributed by atoms with van der Waals surface area (Å²) in [5, 5.41) is 0.103. The normalized spacial score (nSPS) is 24.3. The number of sulfone groups is 1. The molecule has 0 amide bonds. The summed E-state index contributed by atoms with van der Waals surface area (Å²) in [5.41, 5.74) is 6.09. The van der Waals surface area contributed by atoms with Crippen molar-refractivity contribution in [1.82, 2.24) is 0 Å². The molecule has 1 aromatic carbocycles. The molecule has 2 N–H and O–H groups in total. The van der Waals surface area contributed by atoms with E-state index in [0.29, 0.717) is 16.6 Å². The van der Waals surface area contributed by atoms with Gasteiger partial charge in [0, 0.05) is 5.02 Å². The molecule has 0 unspecified atom stereocenters. The molecule has 5 heteroatoms. The molecule has 19 heavy (non-hydrogen) atoms. The standard InChI is InChI=1S/C14H20ClNO2S/c1-2-10-3-6-12(7-4-10)19(17,18)14-9-11(15)5-8-13(14)16/h5,8-10,12H,2-4,6-7,16H2,1H3. The fraction of sp³-hybridized carbons (Fsp3) is 0.571. The van der Waals surface area contributed by atoms with Crippen LogP contribution >= 0.6 is 11.6 Å². The summed E-state index contributed by atoms with van der Waals surface area (Å²) >= 11 is 5.89. The number of halogens is 1. The molecular weight excluding hydrogens is 282 g/mol. The Morgan fingerprint density at radius 3 is 2.47 bits per heavy atom. The summed E-state index contributed by atoms with van der Waals surface area (Å²) in [6, 6.07) is 4.65. The number of hydrogen-bond donors (Lipinski definition) is 1. The van der Waals surface area contributed by atoms with E-state index in [0.717, 1.165) is 32.1 Å². The van der Waals surface area contributed by atoms with E-state index in [1.165, 1.54) is 6.07 Å². The van der Waals surface area contributed by atoms with Gasteiger partial charge in [-0.15, -0.1) is 0 Å². The van der Waals surface area contributed by atoms with Crippen LogP contribution in [0.4, 0.5) is 5.69 Å². The van der Waals surface area contributed by atoms with E-state index in [2.05, 4.69) is 6.92 Å². The summed E-state index contributed by atoms with van der Waals surface area (Å²) in [6.07, 6.45) is 4.56. The smallest absolute Gasteiger partial charge is 0.183 e.